The SMILES string of the molecule is CC(=N)CCCSCCS(C)(=O)=O. The Morgan fingerprint density at radius 2 is 2.00 bits per heavy atom. The molecule has 0 unspecified atom stereocenters. The molecule has 0 saturated heterocycles. The van der Waals surface area contributed by atoms with Gasteiger partial charge in [0.15, 0.2) is 0 Å². The molecular weight excluding hydrogens is 206 g/mol. The second-order valence-electron chi connectivity index (χ2n) is 3.13. The van der Waals surface area contributed by atoms with Gasteiger partial charge in [-0.25, -0.2) is 8.42 Å². The smallest absolute Gasteiger partial charge is 0.148 e. The van der Waals surface area contributed by atoms with Crippen LogP contribution in [0.4, 0.5) is 0 Å². The molecule has 78 valence electrons. The van der Waals surface area contributed by atoms with Crippen LogP contribution in [0.15, 0.2) is 0 Å². The van der Waals surface area contributed by atoms with Crippen molar-refractivity contribution in [3.05, 3.63) is 0 Å². The molecule has 0 spiro atoms. The average Bonchev–Trinajstić information content (AvgIpc) is 1.93. The maximum atomic E-state index is 10.7. The molecule has 0 bridgehead atoms. The molecule has 0 saturated carbocycles. The fourth-order valence-corrected chi connectivity index (χ4v) is 2.99. The average molecular weight is 223 g/mol. The van der Waals surface area contributed by atoms with Crippen LogP contribution in [0.3, 0.4) is 0 Å². The number of nitrogens with one attached hydrogen (secondary N) is 1. The molecule has 0 amide bonds. The Bertz CT molecular complexity index is 247. The Morgan fingerprint density at radius 1 is 1.38 bits per heavy atom. The molecular formula is C8H17NO2S2. The number of hydrogen-bond acceptors (Lipinski definition) is 4. The highest BCUT2D eigenvalue weighted by Crippen LogP contribution is 2.05. The quantitative estimate of drug-likeness (QED) is 0.526. The molecule has 0 aromatic carbocycles. The summed E-state index contributed by atoms with van der Waals surface area (Å²) in [6, 6.07) is 0. The monoisotopic (exact) mass is 223 g/mol. The van der Waals surface area contributed by atoms with Crippen molar-refractivity contribution in [1.82, 2.24) is 0 Å². The van der Waals surface area contributed by atoms with Gasteiger partial charge in [-0.2, -0.15) is 11.8 Å². The summed E-state index contributed by atoms with van der Waals surface area (Å²) in [6.07, 6.45) is 3.06. The zero-order valence-corrected chi connectivity index (χ0v) is 9.80. The second kappa shape index (κ2) is 6.43. The van der Waals surface area contributed by atoms with Crippen LogP contribution >= 0.6 is 11.8 Å². The van der Waals surface area contributed by atoms with Gasteiger partial charge in [0, 0.05) is 17.7 Å². The van der Waals surface area contributed by atoms with Gasteiger partial charge >= 0.3 is 0 Å². The zero-order chi connectivity index (χ0) is 10.3. The van der Waals surface area contributed by atoms with E-state index >= 15 is 0 Å². The van der Waals surface area contributed by atoms with Crippen molar-refractivity contribution in [2.75, 3.05) is 23.5 Å². The number of hydrogen-bond donors (Lipinski definition) is 1. The van der Waals surface area contributed by atoms with E-state index in [4.69, 9.17) is 5.41 Å². The summed E-state index contributed by atoms with van der Waals surface area (Å²) in [7, 11) is -2.79. The summed E-state index contributed by atoms with van der Waals surface area (Å²) in [5.74, 6) is 1.89. The highest BCUT2D eigenvalue weighted by atomic mass is 32.2. The minimum atomic E-state index is -2.79. The van der Waals surface area contributed by atoms with Gasteiger partial charge in [-0.1, -0.05) is 0 Å². The first-order valence-electron chi connectivity index (χ1n) is 4.21. The minimum absolute atomic E-state index is 0.265. The summed E-state index contributed by atoms with van der Waals surface area (Å²) in [6.45, 7) is 1.79. The number of sulfone groups is 1. The summed E-state index contributed by atoms with van der Waals surface area (Å²) in [5.41, 5.74) is 0.698. The van der Waals surface area contributed by atoms with E-state index in [2.05, 4.69) is 0 Å². The molecule has 0 fully saturated rings. The Morgan fingerprint density at radius 3 is 2.46 bits per heavy atom. The fourth-order valence-electron chi connectivity index (χ4n) is 0.752. The third-order valence-corrected chi connectivity index (χ3v) is 3.71. The first-order chi connectivity index (χ1) is 5.92. The molecule has 0 heterocycles. The lowest BCUT2D eigenvalue weighted by Crippen LogP contribution is -2.05. The maximum absolute atomic E-state index is 10.7. The molecule has 0 atom stereocenters. The van der Waals surface area contributed by atoms with E-state index in [1.54, 1.807) is 18.7 Å². The van der Waals surface area contributed by atoms with E-state index in [0.29, 0.717) is 11.5 Å². The summed E-state index contributed by atoms with van der Waals surface area (Å²) >= 11 is 1.65. The lowest BCUT2D eigenvalue weighted by Gasteiger charge is -1.99. The van der Waals surface area contributed by atoms with Gasteiger partial charge in [0.2, 0.25) is 0 Å². The van der Waals surface area contributed by atoms with Crippen LogP contribution in [0, 0.1) is 5.41 Å². The van der Waals surface area contributed by atoms with Crippen molar-refractivity contribution < 1.29 is 8.42 Å². The molecule has 0 radical (unpaired) electrons. The predicted octanol–water partition coefficient (Wildman–Crippen LogP) is 1.58. The molecule has 0 aliphatic rings. The van der Waals surface area contributed by atoms with E-state index in [0.717, 1.165) is 18.6 Å². The molecule has 13 heavy (non-hydrogen) atoms. The summed E-state index contributed by atoms with van der Waals surface area (Å²) in [4.78, 5) is 0. The van der Waals surface area contributed by atoms with Crippen molar-refractivity contribution in [3.8, 4) is 0 Å². The van der Waals surface area contributed by atoms with Crippen LogP contribution in [0.2, 0.25) is 0 Å². The Hall–Kier alpha value is -0.0300. The molecule has 1 N–H and O–H groups in total. The first-order valence-corrected chi connectivity index (χ1v) is 7.43. The molecule has 5 heteroatoms. The van der Waals surface area contributed by atoms with Gasteiger partial charge in [0.1, 0.15) is 9.84 Å². The topological polar surface area (TPSA) is 58.0 Å². The third kappa shape index (κ3) is 12.0. The maximum Gasteiger partial charge on any atom is 0.148 e. The Labute approximate surface area is 84.7 Å². The van der Waals surface area contributed by atoms with Crippen molar-refractivity contribution in [2.45, 2.75) is 19.8 Å². The highest BCUT2D eigenvalue weighted by molar-refractivity contribution is 8.00. The molecule has 0 aromatic rings. The van der Waals surface area contributed by atoms with Crippen LogP contribution in [0.25, 0.3) is 0 Å². The normalized spacial score (nSPS) is 11.5. The predicted molar refractivity (Wildman–Crippen MR) is 59.7 cm³/mol. The van der Waals surface area contributed by atoms with E-state index in [1.807, 2.05) is 0 Å². The Kier molecular flexibility index (Phi) is 6.41. The first kappa shape index (κ1) is 13.0. The van der Waals surface area contributed by atoms with Gasteiger partial charge < -0.3 is 5.41 Å². The van der Waals surface area contributed by atoms with Gasteiger partial charge in [-0.15, -0.1) is 0 Å². The van der Waals surface area contributed by atoms with Crippen molar-refractivity contribution in [1.29, 1.82) is 5.41 Å². The molecule has 3 nitrogen and oxygen atoms in total. The van der Waals surface area contributed by atoms with Crippen LogP contribution in [-0.4, -0.2) is 37.6 Å². The second-order valence-corrected chi connectivity index (χ2v) is 6.61. The van der Waals surface area contributed by atoms with E-state index in [1.165, 1.54) is 6.26 Å². The number of rotatable bonds is 7. The number of thioether (sulfide) groups is 1. The van der Waals surface area contributed by atoms with Gasteiger partial charge in [0.05, 0.1) is 5.75 Å². The van der Waals surface area contributed by atoms with Crippen LogP contribution in [0.1, 0.15) is 19.8 Å². The van der Waals surface area contributed by atoms with Gasteiger partial charge in [-0.05, 0) is 25.5 Å². The lowest BCUT2D eigenvalue weighted by molar-refractivity contribution is 0.603. The van der Waals surface area contributed by atoms with Crippen LogP contribution in [0.5, 0.6) is 0 Å². The van der Waals surface area contributed by atoms with E-state index < -0.39 is 9.84 Å². The van der Waals surface area contributed by atoms with Crippen molar-refractivity contribution in [3.63, 3.8) is 0 Å². The third-order valence-electron chi connectivity index (χ3n) is 1.44. The Balaban J connectivity index is 3.23. The molecule has 0 aliphatic carbocycles. The summed E-state index contributed by atoms with van der Waals surface area (Å²) in [5, 5.41) is 7.17. The van der Waals surface area contributed by atoms with E-state index in [-0.39, 0.29) is 5.75 Å². The van der Waals surface area contributed by atoms with Crippen molar-refractivity contribution in [2.24, 2.45) is 0 Å². The van der Waals surface area contributed by atoms with Crippen LogP contribution < -0.4 is 0 Å². The molecule has 0 rings (SSSR count). The summed E-state index contributed by atoms with van der Waals surface area (Å²) < 4.78 is 21.4. The fraction of sp³-hybridized carbons (Fsp3) is 0.875. The zero-order valence-electron chi connectivity index (χ0n) is 8.17. The molecule has 0 aromatic heterocycles. The molecule has 0 aliphatic heterocycles. The standard InChI is InChI=1S/C8H17NO2S2/c1-8(9)4-3-5-12-6-7-13(2,10)11/h9H,3-7H2,1-2H3. The van der Waals surface area contributed by atoms with Crippen LogP contribution in [-0.2, 0) is 9.84 Å². The largest absolute Gasteiger partial charge is 0.310 e. The minimum Gasteiger partial charge on any atom is -0.310 e. The van der Waals surface area contributed by atoms with E-state index in [9.17, 15) is 8.42 Å². The highest BCUT2D eigenvalue weighted by Gasteiger charge is 2.00. The van der Waals surface area contributed by atoms with Crippen molar-refractivity contribution >= 4 is 27.3 Å². The lowest BCUT2D eigenvalue weighted by atomic mass is 10.2. The van der Waals surface area contributed by atoms with Gasteiger partial charge in [0.25, 0.3) is 0 Å². The van der Waals surface area contributed by atoms with Gasteiger partial charge in [-0.3, -0.25) is 0 Å².